The van der Waals surface area contributed by atoms with Crippen molar-refractivity contribution >= 4 is 5.90 Å². The predicted molar refractivity (Wildman–Crippen MR) is 93.3 cm³/mol. The van der Waals surface area contributed by atoms with Crippen LogP contribution in [-0.2, 0) is 0 Å². The van der Waals surface area contributed by atoms with E-state index in [0.717, 1.165) is 22.8 Å². The molecule has 2 unspecified atom stereocenters. The van der Waals surface area contributed by atoms with Crippen molar-refractivity contribution in [3.05, 3.63) is 53.5 Å². The van der Waals surface area contributed by atoms with Crippen LogP contribution in [0.1, 0.15) is 23.0 Å². The number of hydrogen-bond donors (Lipinski definition) is 2. The summed E-state index contributed by atoms with van der Waals surface area (Å²) in [6, 6.07) is 13.3. The number of aryl methyl sites for hydroxylation is 1. The van der Waals surface area contributed by atoms with Crippen molar-refractivity contribution < 1.29 is 13.9 Å². The van der Waals surface area contributed by atoms with Crippen molar-refractivity contribution in [1.82, 2.24) is 10.2 Å². The van der Waals surface area contributed by atoms with Crippen LogP contribution in [0.3, 0.4) is 0 Å². The van der Waals surface area contributed by atoms with Gasteiger partial charge in [-0.2, -0.15) is 5.26 Å². The van der Waals surface area contributed by atoms with Gasteiger partial charge >= 0.3 is 0 Å². The van der Waals surface area contributed by atoms with Gasteiger partial charge in [-0.3, -0.25) is 10.5 Å². The maximum atomic E-state index is 9.63. The zero-order chi connectivity index (χ0) is 18.3. The highest BCUT2D eigenvalue weighted by Crippen LogP contribution is 2.46. The monoisotopic (exact) mass is 348 g/mol. The third kappa shape index (κ3) is 2.43. The quantitative estimate of drug-likeness (QED) is 0.751. The lowest BCUT2D eigenvalue weighted by atomic mass is 9.82. The number of nitrogens with zero attached hydrogens (tertiary/aromatic N) is 2. The van der Waals surface area contributed by atoms with Gasteiger partial charge in [0.1, 0.15) is 23.2 Å². The molecule has 1 aliphatic rings. The van der Waals surface area contributed by atoms with Gasteiger partial charge in [-0.25, -0.2) is 0 Å². The standard InChI is InChI=1S/C19H16N4O3/c1-10-3-8-14(25-10)15-13(9-20)18(21)26-19-16(15)17(22-23-19)11-4-6-12(24-2)7-5-11/h3-8,13,15,21H,1-2H3,(H,22,23). The molecule has 1 aliphatic heterocycles. The number of H-pyrrole nitrogens is 1. The molecule has 7 heteroatoms. The van der Waals surface area contributed by atoms with Crippen molar-refractivity contribution in [3.63, 3.8) is 0 Å². The van der Waals surface area contributed by atoms with Gasteiger partial charge in [0, 0.05) is 5.56 Å². The van der Waals surface area contributed by atoms with E-state index < -0.39 is 11.8 Å². The number of aromatic amines is 1. The van der Waals surface area contributed by atoms with Crippen LogP contribution in [0.5, 0.6) is 11.6 Å². The number of benzene rings is 1. The second kappa shape index (κ2) is 6.08. The molecule has 2 atom stereocenters. The Morgan fingerprint density at radius 2 is 2.00 bits per heavy atom. The van der Waals surface area contributed by atoms with E-state index in [9.17, 15) is 5.26 Å². The minimum Gasteiger partial charge on any atom is -0.497 e. The highest BCUT2D eigenvalue weighted by Gasteiger charge is 2.42. The fourth-order valence-electron chi connectivity index (χ4n) is 3.22. The van der Waals surface area contributed by atoms with Gasteiger partial charge in [0.05, 0.1) is 30.4 Å². The number of rotatable bonds is 3. The number of nitrogens with one attached hydrogen (secondary N) is 2. The molecule has 1 aromatic carbocycles. The van der Waals surface area contributed by atoms with Crippen molar-refractivity contribution in [2.75, 3.05) is 7.11 Å². The molecule has 7 nitrogen and oxygen atoms in total. The number of furan rings is 1. The third-order valence-electron chi connectivity index (χ3n) is 4.49. The number of ether oxygens (including phenoxy) is 2. The Bertz CT molecular complexity index is 1010. The molecule has 26 heavy (non-hydrogen) atoms. The number of methoxy groups -OCH3 is 1. The average Bonchev–Trinajstić information content (AvgIpc) is 3.26. The molecule has 4 rings (SSSR count). The summed E-state index contributed by atoms with van der Waals surface area (Å²) in [6.45, 7) is 1.84. The molecular weight excluding hydrogens is 332 g/mol. The Kier molecular flexibility index (Phi) is 3.73. The molecule has 3 aromatic rings. The summed E-state index contributed by atoms with van der Waals surface area (Å²) in [7, 11) is 1.61. The van der Waals surface area contributed by atoms with Crippen LogP contribution in [0.15, 0.2) is 40.8 Å². The molecule has 3 heterocycles. The smallest absolute Gasteiger partial charge is 0.244 e. The molecular formula is C19H16N4O3. The topological polar surface area (TPSA) is 108 Å². The van der Waals surface area contributed by atoms with E-state index in [4.69, 9.17) is 19.3 Å². The van der Waals surface area contributed by atoms with Crippen molar-refractivity contribution in [2.45, 2.75) is 12.8 Å². The second-order valence-electron chi connectivity index (χ2n) is 6.05. The molecule has 0 bridgehead atoms. The van der Waals surface area contributed by atoms with Gasteiger partial charge < -0.3 is 13.9 Å². The van der Waals surface area contributed by atoms with Crippen LogP contribution in [-0.4, -0.2) is 23.2 Å². The summed E-state index contributed by atoms with van der Waals surface area (Å²) >= 11 is 0. The van der Waals surface area contributed by atoms with E-state index in [1.54, 1.807) is 7.11 Å². The molecule has 0 fully saturated rings. The van der Waals surface area contributed by atoms with Gasteiger partial charge in [-0.15, -0.1) is 5.10 Å². The van der Waals surface area contributed by atoms with Crippen LogP contribution in [0.25, 0.3) is 11.3 Å². The van der Waals surface area contributed by atoms with Crippen LogP contribution in [0, 0.1) is 29.6 Å². The number of nitriles is 1. The fraction of sp³-hybridized carbons (Fsp3) is 0.211. The lowest BCUT2D eigenvalue weighted by Crippen LogP contribution is -2.30. The van der Waals surface area contributed by atoms with Gasteiger partial charge in [0.25, 0.3) is 0 Å². The summed E-state index contributed by atoms with van der Waals surface area (Å²) < 4.78 is 16.5. The van der Waals surface area contributed by atoms with E-state index in [-0.39, 0.29) is 5.90 Å². The molecule has 0 amide bonds. The molecule has 130 valence electrons. The van der Waals surface area contributed by atoms with E-state index in [2.05, 4.69) is 16.3 Å². The first kappa shape index (κ1) is 16.0. The van der Waals surface area contributed by atoms with Gasteiger partial charge in [0.15, 0.2) is 0 Å². The Morgan fingerprint density at radius 3 is 2.62 bits per heavy atom. The number of aromatic nitrogens is 2. The normalized spacial score (nSPS) is 18.7. The molecule has 0 spiro atoms. The Labute approximate surface area is 149 Å². The van der Waals surface area contributed by atoms with Crippen molar-refractivity contribution in [2.24, 2.45) is 5.92 Å². The van der Waals surface area contributed by atoms with E-state index in [1.165, 1.54) is 0 Å². The van der Waals surface area contributed by atoms with Crippen LogP contribution >= 0.6 is 0 Å². The van der Waals surface area contributed by atoms with E-state index in [1.807, 2.05) is 43.3 Å². The number of hydrogen-bond acceptors (Lipinski definition) is 6. The third-order valence-corrected chi connectivity index (χ3v) is 4.49. The van der Waals surface area contributed by atoms with E-state index >= 15 is 0 Å². The van der Waals surface area contributed by atoms with Crippen molar-refractivity contribution in [3.8, 4) is 29.0 Å². The van der Waals surface area contributed by atoms with Gasteiger partial charge in [0.2, 0.25) is 11.8 Å². The Morgan fingerprint density at radius 1 is 1.23 bits per heavy atom. The highest BCUT2D eigenvalue weighted by molar-refractivity contribution is 5.86. The summed E-state index contributed by atoms with van der Waals surface area (Å²) in [5.74, 6) is 1.00. The average molecular weight is 348 g/mol. The summed E-state index contributed by atoms with van der Waals surface area (Å²) in [5, 5.41) is 24.9. The van der Waals surface area contributed by atoms with Gasteiger partial charge in [-0.1, -0.05) is 0 Å². The van der Waals surface area contributed by atoms with Crippen LogP contribution in [0.2, 0.25) is 0 Å². The van der Waals surface area contributed by atoms with Crippen LogP contribution < -0.4 is 9.47 Å². The maximum absolute atomic E-state index is 9.63. The highest BCUT2D eigenvalue weighted by atomic mass is 16.5. The van der Waals surface area contributed by atoms with Crippen molar-refractivity contribution in [1.29, 1.82) is 10.7 Å². The minimum absolute atomic E-state index is 0.133. The first-order valence-corrected chi connectivity index (χ1v) is 8.07. The zero-order valence-corrected chi connectivity index (χ0v) is 14.2. The minimum atomic E-state index is -0.789. The van der Waals surface area contributed by atoms with E-state index in [0.29, 0.717) is 17.2 Å². The van der Waals surface area contributed by atoms with Crippen LogP contribution in [0.4, 0.5) is 0 Å². The first-order valence-electron chi connectivity index (χ1n) is 8.07. The molecule has 0 radical (unpaired) electrons. The Balaban J connectivity index is 1.89. The molecule has 2 N–H and O–H groups in total. The van der Waals surface area contributed by atoms with Gasteiger partial charge in [-0.05, 0) is 43.3 Å². The first-order chi connectivity index (χ1) is 12.6. The summed E-state index contributed by atoms with van der Waals surface area (Å²) in [5.41, 5.74) is 2.32. The number of fused-ring (bicyclic) bond motifs is 1. The lowest BCUT2D eigenvalue weighted by molar-refractivity contribution is 0.393. The largest absolute Gasteiger partial charge is 0.497 e. The summed E-state index contributed by atoms with van der Waals surface area (Å²) in [4.78, 5) is 0. The fourth-order valence-corrected chi connectivity index (χ4v) is 3.22. The molecule has 0 saturated carbocycles. The zero-order valence-electron chi connectivity index (χ0n) is 14.2. The maximum Gasteiger partial charge on any atom is 0.244 e. The molecule has 0 aliphatic carbocycles. The predicted octanol–water partition coefficient (Wildman–Crippen LogP) is 3.63. The SMILES string of the molecule is COc1ccc(-c2[nH]nc3c2C(c2ccc(C)o2)C(C#N)C(=N)O3)cc1. The Hall–Kier alpha value is -3.53. The second-order valence-corrected chi connectivity index (χ2v) is 6.05. The lowest BCUT2D eigenvalue weighted by Gasteiger charge is -2.26. The molecule has 2 aromatic heterocycles. The molecule has 0 saturated heterocycles. The summed E-state index contributed by atoms with van der Waals surface area (Å²) in [6.07, 6.45) is 0.